The van der Waals surface area contributed by atoms with Gasteiger partial charge in [0.25, 0.3) is 0 Å². The minimum absolute atomic E-state index is 0.769. The van der Waals surface area contributed by atoms with Crippen LogP contribution in [0.2, 0.25) is 0 Å². The molecule has 0 amide bonds. The van der Waals surface area contributed by atoms with Gasteiger partial charge in [-0.3, -0.25) is 0 Å². The van der Waals surface area contributed by atoms with Gasteiger partial charge in [0.1, 0.15) is 0 Å². The zero-order valence-electron chi connectivity index (χ0n) is 5.75. The molecule has 0 radical (unpaired) electrons. The molecule has 0 heterocycles. The molecule has 0 bridgehead atoms. The summed E-state index contributed by atoms with van der Waals surface area (Å²) in [6.07, 6.45) is 2.21. The maximum Gasteiger partial charge on any atom is 0.0231 e. The second-order valence-electron chi connectivity index (χ2n) is 1.46. The SMILES string of the molecule is ClCCCBr.ClCCCI. The summed E-state index contributed by atoms with van der Waals surface area (Å²) in [5.74, 6) is 1.58. The van der Waals surface area contributed by atoms with Gasteiger partial charge in [0, 0.05) is 21.5 Å². The lowest BCUT2D eigenvalue weighted by molar-refractivity contribution is 1.13. The maximum absolute atomic E-state index is 5.30. The predicted octanol–water partition coefficient (Wildman–Crippen LogP) is 4.06. The van der Waals surface area contributed by atoms with Gasteiger partial charge in [0.05, 0.1) is 0 Å². The predicted molar refractivity (Wildman–Crippen MR) is 63.4 cm³/mol. The molecule has 0 fully saturated rings. The van der Waals surface area contributed by atoms with E-state index in [1.165, 1.54) is 4.43 Å². The van der Waals surface area contributed by atoms with E-state index < -0.39 is 0 Å². The lowest BCUT2D eigenvalue weighted by Gasteiger charge is -1.75. The minimum atomic E-state index is 0.769. The fraction of sp³-hybridized carbons (Fsp3) is 1.00. The highest BCUT2D eigenvalue weighted by molar-refractivity contribution is 14.1. The Hall–Kier alpha value is 1.79. The molecule has 0 saturated carbocycles. The van der Waals surface area contributed by atoms with Gasteiger partial charge in [0.15, 0.2) is 0 Å². The first-order chi connectivity index (χ1) is 4.83. The third-order valence-corrected chi connectivity index (χ3v) is 2.39. The zero-order valence-corrected chi connectivity index (χ0v) is 11.0. The summed E-state index contributed by atoms with van der Waals surface area (Å²) in [6, 6.07) is 0. The van der Waals surface area contributed by atoms with E-state index in [-0.39, 0.29) is 0 Å². The highest BCUT2D eigenvalue weighted by Gasteiger charge is 1.72. The molecule has 0 unspecified atom stereocenters. The van der Waals surface area contributed by atoms with Crippen LogP contribution in [0.3, 0.4) is 0 Å². The number of rotatable bonds is 4. The van der Waals surface area contributed by atoms with E-state index in [1.807, 2.05) is 0 Å². The Morgan fingerprint density at radius 3 is 1.60 bits per heavy atom. The van der Waals surface area contributed by atoms with Gasteiger partial charge in [-0.05, 0) is 12.8 Å². The molecule has 0 rings (SSSR count). The third-order valence-electron chi connectivity index (χ3n) is 0.535. The molecular weight excluding hydrogens is 350 g/mol. The van der Waals surface area contributed by atoms with Crippen molar-refractivity contribution >= 4 is 61.7 Å². The van der Waals surface area contributed by atoms with Crippen molar-refractivity contribution in [2.45, 2.75) is 12.8 Å². The first-order valence-electron chi connectivity index (χ1n) is 3.07. The lowest BCUT2D eigenvalue weighted by atomic mass is 10.6. The molecule has 0 saturated heterocycles. The Bertz CT molecular complexity index is 36.7. The number of halogens is 4. The number of hydrogen-bond acceptors (Lipinski definition) is 0. The van der Waals surface area contributed by atoms with Crippen molar-refractivity contribution < 1.29 is 0 Å². The monoisotopic (exact) mass is 360 g/mol. The average molecular weight is 362 g/mol. The minimum Gasteiger partial charge on any atom is -0.127 e. The first kappa shape index (κ1) is 14.3. The van der Waals surface area contributed by atoms with Crippen molar-refractivity contribution in [1.82, 2.24) is 0 Å². The molecule has 0 aromatic carbocycles. The van der Waals surface area contributed by atoms with Crippen molar-refractivity contribution in [3.63, 3.8) is 0 Å². The van der Waals surface area contributed by atoms with Gasteiger partial charge in [-0.15, -0.1) is 23.2 Å². The second kappa shape index (κ2) is 17.0. The molecule has 0 aromatic rings. The Kier molecular flexibility index (Phi) is 24.4. The summed E-state index contributed by atoms with van der Waals surface area (Å²) in [4.78, 5) is 0. The molecule has 0 aliphatic carbocycles. The number of alkyl halides is 4. The molecule has 0 aliphatic rings. The van der Waals surface area contributed by atoms with Crippen LogP contribution in [0.1, 0.15) is 12.8 Å². The van der Waals surface area contributed by atoms with Gasteiger partial charge in [-0.25, -0.2) is 0 Å². The van der Waals surface area contributed by atoms with Crippen LogP contribution >= 0.6 is 61.7 Å². The Morgan fingerprint density at radius 2 is 1.60 bits per heavy atom. The Balaban J connectivity index is 0. The summed E-state index contributed by atoms with van der Waals surface area (Å²) in [6.45, 7) is 0. The van der Waals surface area contributed by atoms with Crippen molar-refractivity contribution in [3.05, 3.63) is 0 Å². The smallest absolute Gasteiger partial charge is 0.0231 e. The number of hydrogen-bond donors (Lipinski definition) is 0. The van der Waals surface area contributed by atoms with Crippen LogP contribution in [-0.2, 0) is 0 Å². The van der Waals surface area contributed by atoms with E-state index in [0.29, 0.717) is 0 Å². The van der Waals surface area contributed by atoms with Crippen LogP contribution in [-0.4, -0.2) is 21.5 Å². The van der Waals surface area contributed by atoms with Gasteiger partial charge in [0.2, 0.25) is 0 Å². The molecule has 4 heteroatoms. The summed E-state index contributed by atoms with van der Waals surface area (Å²) in [5.41, 5.74) is 0. The molecule has 0 nitrogen and oxygen atoms in total. The average Bonchev–Trinajstić information content (AvgIpc) is 1.93. The van der Waals surface area contributed by atoms with Gasteiger partial charge in [-0.1, -0.05) is 38.5 Å². The Labute approximate surface area is 95.3 Å². The summed E-state index contributed by atoms with van der Waals surface area (Å²) >= 11 is 16.1. The quantitative estimate of drug-likeness (QED) is 0.523. The molecule has 0 N–H and O–H groups in total. The van der Waals surface area contributed by atoms with E-state index in [4.69, 9.17) is 23.2 Å². The standard InChI is InChI=1S/C3H6BrCl.C3H6ClI/c2*4-2-1-3-5/h2*1-3H2. The fourth-order valence-electron chi connectivity index (χ4n) is 0.101. The van der Waals surface area contributed by atoms with Crippen molar-refractivity contribution in [2.75, 3.05) is 21.5 Å². The van der Waals surface area contributed by atoms with Crippen molar-refractivity contribution in [1.29, 1.82) is 0 Å². The van der Waals surface area contributed by atoms with Gasteiger partial charge in [-0.2, -0.15) is 0 Å². The molecule has 0 aromatic heterocycles. The molecule has 0 aliphatic heterocycles. The lowest BCUT2D eigenvalue weighted by Crippen LogP contribution is -1.70. The fourth-order valence-corrected chi connectivity index (χ4v) is 1.80. The molecule has 10 heavy (non-hydrogen) atoms. The maximum atomic E-state index is 5.30. The highest BCUT2D eigenvalue weighted by Crippen LogP contribution is 1.88. The van der Waals surface area contributed by atoms with E-state index in [1.54, 1.807) is 0 Å². The van der Waals surface area contributed by atoms with Crippen LogP contribution in [0.5, 0.6) is 0 Å². The van der Waals surface area contributed by atoms with Crippen LogP contribution in [0.25, 0.3) is 0 Å². The highest BCUT2D eigenvalue weighted by atomic mass is 127. The van der Waals surface area contributed by atoms with Gasteiger partial charge < -0.3 is 0 Å². The summed E-state index contributed by atoms with van der Waals surface area (Å²) in [7, 11) is 0. The van der Waals surface area contributed by atoms with Gasteiger partial charge >= 0.3 is 0 Å². The van der Waals surface area contributed by atoms with Crippen LogP contribution in [0.15, 0.2) is 0 Å². The normalized spacial score (nSPS) is 8.40. The van der Waals surface area contributed by atoms with Crippen molar-refractivity contribution in [3.8, 4) is 0 Å². The summed E-state index contributed by atoms with van der Waals surface area (Å²) < 4.78 is 1.18. The second-order valence-corrected chi connectivity index (χ2v) is 4.09. The van der Waals surface area contributed by atoms with Crippen molar-refractivity contribution in [2.24, 2.45) is 0 Å². The van der Waals surface area contributed by atoms with E-state index >= 15 is 0 Å². The van der Waals surface area contributed by atoms with E-state index in [2.05, 4.69) is 38.5 Å². The zero-order chi connectivity index (χ0) is 8.24. The van der Waals surface area contributed by atoms with Crippen LogP contribution < -0.4 is 0 Å². The third kappa shape index (κ3) is 22.6. The molecule has 64 valence electrons. The first-order valence-corrected chi connectivity index (χ1v) is 6.79. The molecule has 0 spiro atoms. The summed E-state index contributed by atoms with van der Waals surface area (Å²) in [5, 5.41) is 1.02. The van der Waals surface area contributed by atoms with Crippen LogP contribution in [0, 0.1) is 0 Å². The van der Waals surface area contributed by atoms with E-state index in [9.17, 15) is 0 Å². The van der Waals surface area contributed by atoms with Crippen LogP contribution in [0.4, 0.5) is 0 Å². The molecular formula is C6H12BrCl2I. The largest absolute Gasteiger partial charge is 0.127 e. The Morgan fingerprint density at radius 1 is 1.10 bits per heavy atom. The topological polar surface area (TPSA) is 0 Å². The van der Waals surface area contributed by atoms with E-state index in [0.717, 1.165) is 29.9 Å². The molecule has 0 atom stereocenters.